The summed E-state index contributed by atoms with van der Waals surface area (Å²) >= 11 is 1.72. The molecular formula is C21H25N3O4S. The monoisotopic (exact) mass is 415 g/mol. The summed E-state index contributed by atoms with van der Waals surface area (Å²) < 4.78 is 0. The topological polar surface area (TPSA) is 94.0 Å². The Morgan fingerprint density at radius 1 is 1.10 bits per heavy atom. The average Bonchev–Trinajstić information content (AvgIpc) is 3.30. The molecule has 0 radical (unpaired) electrons. The number of hydrogen-bond acceptors (Lipinski definition) is 6. The van der Waals surface area contributed by atoms with Gasteiger partial charge in [-0.05, 0) is 49.9 Å². The molecule has 2 aromatic rings. The van der Waals surface area contributed by atoms with Crippen LogP contribution in [0.25, 0.3) is 11.3 Å². The lowest BCUT2D eigenvalue weighted by Gasteiger charge is -2.27. The van der Waals surface area contributed by atoms with E-state index in [-0.39, 0.29) is 0 Å². The molecule has 0 spiro atoms. The number of thiophene rings is 1. The van der Waals surface area contributed by atoms with E-state index < -0.39 is 11.9 Å². The molecule has 7 nitrogen and oxygen atoms in total. The number of anilines is 1. The van der Waals surface area contributed by atoms with Gasteiger partial charge in [0.25, 0.3) is 0 Å². The van der Waals surface area contributed by atoms with E-state index in [0.717, 1.165) is 24.8 Å². The largest absolute Gasteiger partial charge is 0.478 e. The second-order valence-corrected chi connectivity index (χ2v) is 7.99. The Morgan fingerprint density at radius 2 is 1.83 bits per heavy atom. The van der Waals surface area contributed by atoms with Crippen molar-refractivity contribution in [2.75, 3.05) is 25.0 Å². The Balaban J connectivity index is 0.000000258. The van der Waals surface area contributed by atoms with Gasteiger partial charge in [-0.1, -0.05) is 0 Å². The number of likely N-dealkylation sites (N-methyl/N-ethyl adjacent to an activating group) is 1. The van der Waals surface area contributed by atoms with Crippen LogP contribution >= 0.6 is 11.3 Å². The van der Waals surface area contributed by atoms with Crippen LogP contribution in [0.4, 0.5) is 5.69 Å². The zero-order valence-electron chi connectivity index (χ0n) is 16.3. The van der Waals surface area contributed by atoms with Crippen LogP contribution < -0.4 is 4.90 Å². The molecule has 29 heavy (non-hydrogen) atoms. The highest BCUT2D eigenvalue weighted by Crippen LogP contribution is 2.31. The number of pyridine rings is 1. The summed E-state index contributed by atoms with van der Waals surface area (Å²) in [5.41, 5.74) is 3.57. The zero-order valence-corrected chi connectivity index (χ0v) is 17.1. The fraction of sp³-hybridized carbons (Fsp3) is 0.381. The first kappa shape index (κ1) is 21.0. The predicted molar refractivity (Wildman–Crippen MR) is 113 cm³/mol. The van der Waals surface area contributed by atoms with E-state index in [1.54, 1.807) is 11.3 Å². The molecule has 0 saturated carbocycles. The standard InChI is InChI=1S/C17H21N3S.C4H4O4/c1-19-14-2-3-16(19)11-20(8-6-14)15-4-5-17(18-10-15)13-7-9-21-12-13;5-3(6)1-2-4(7)8/h4-5,7,9-10,12,14,16H,2-3,6,8,11H2,1H3;1-2H,(H,5,6)(H,7,8)/b;2-1+. The normalized spacial score (nSPS) is 21.5. The van der Waals surface area contributed by atoms with E-state index in [9.17, 15) is 9.59 Å². The number of carbonyl (C=O) groups is 2. The number of rotatable bonds is 4. The van der Waals surface area contributed by atoms with Crippen LogP contribution in [-0.2, 0) is 9.59 Å². The molecular weight excluding hydrogens is 390 g/mol. The minimum Gasteiger partial charge on any atom is -0.478 e. The fourth-order valence-electron chi connectivity index (χ4n) is 3.84. The summed E-state index contributed by atoms with van der Waals surface area (Å²) in [6, 6.07) is 8.03. The molecule has 2 aromatic heterocycles. The first-order valence-electron chi connectivity index (χ1n) is 9.53. The van der Waals surface area contributed by atoms with Gasteiger partial charge in [0.2, 0.25) is 0 Å². The SMILES string of the molecule is CN1C2CCC1CN(c1ccc(-c3ccsc3)nc1)CC2.O=C(O)/C=C/C(=O)O. The van der Waals surface area contributed by atoms with Crippen LogP contribution in [0, 0.1) is 0 Å². The van der Waals surface area contributed by atoms with Crippen molar-refractivity contribution in [2.24, 2.45) is 0 Å². The second kappa shape index (κ2) is 9.67. The quantitative estimate of drug-likeness (QED) is 0.741. The highest BCUT2D eigenvalue weighted by molar-refractivity contribution is 7.08. The Bertz CT molecular complexity index is 835. The molecule has 2 fully saturated rings. The van der Waals surface area contributed by atoms with E-state index >= 15 is 0 Å². The molecule has 2 atom stereocenters. The molecule has 4 heterocycles. The van der Waals surface area contributed by atoms with Crippen molar-refractivity contribution in [3.63, 3.8) is 0 Å². The Labute approximate surface area is 173 Å². The molecule has 2 unspecified atom stereocenters. The number of aromatic nitrogens is 1. The lowest BCUT2D eigenvalue weighted by molar-refractivity contribution is -0.134. The lowest BCUT2D eigenvalue weighted by Crippen LogP contribution is -2.36. The minimum absolute atomic E-state index is 0.558. The van der Waals surface area contributed by atoms with E-state index in [1.165, 1.54) is 30.5 Å². The minimum atomic E-state index is -1.26. The molecule has 8 heteroatoms. The number of hydrogen-bond donors (Lipinski definition) is 2. The Morgan fingerprint density at radius 3 is 2.41 bits per heavy atom. The first-order chi connectivity index (χ1) is 13.9. The van der Waals surface area contributed by atoms with E-state index in [0.29, 0.717) is 18.2 Å². The fourth-order valence-corrected chi connectivity index (χ4v) is 4.49. The zero-order chi connectivity index (χ0) is 20.8. The second-order valence-electron chi connectivity index (χ2n) is 7.21. The molecule has 2 aliphatic rings. The van der Waals surface area contributed by atoms with Gasteiger partial charge in [0, 0.05) is 48.3 Å². The third-order valence-corrected chi connectivity index (χ3v) is 6.13. The molecule has 0 aliphatic carbocycles. The number of nitrogens with zero attached hydrogens (tertiary/aromatic N) is 3. The summed E-state index contributed by atoms with van der Waals surface area (Å²) in [5, 5.41) is 19.9. The maximum absolute atomic E-state index is 9.55. The number of carboxylic acids is 2. The Hall–Kier alpha value is -2.71. The average molecular weight is 416 g/mol. The van der Waals surface area contributed by atoms with E-state index in [4.69, 9.17) is 10.2 Å². The van der Waals surface area contributed by atoms with Crippen molar-refractivity contribution in [1.29, 1.82) is 0 Å². The van der Waals surface area contributed by atoms with Gasteiger partial charge in [0.15, 0.2) is 0 Å². The van der Waals surface area contributed by atoms with Crippen molar-refractivity contribution in [3.8, 4) is 11.3 Å². The van der Waals surface area contributed by atoms with Gasteiger partial charge in [-0.15, -0.1) is 0 Å². The van der Waals surface area contributed by atoms with Gasteiger partial charge in [-0.3, -0.25) is 9.88 Å². The van der Waals surface area contributed by atoms with Crippen LogP contribution in [0.15, 0.2) is 47.3 Å². The third kappa shape index (κ3) is 5.65. The molecule has 2 aliphatic heterocycles. The maximum Gasteiger partial charge on any atom is 0.328 e. The van der Waals surface area contributed by atoms with Crippen LogP contribution in [0.3, 0.4) is 0 Å². The van der Waals surface area contributed by atoms with Crippen molar-refractivity contribution in [2.45, 2.75) is 31.3 Å². The van der Waals surface area contributed by atoms with Crippen LogP contribution in [-0.4, -0.2) is 64.3 Å². The lowest BCUT2D eigenvalue weighted by atomic mass is 10.1. The summed E-state index contributed by atoms with van der Waals surface area (Å²) in [6.45, 7) is 2.30. The highest BCUT2D eigenvalue weighted by atomic mass is 32.1. The highest BCUT2D eigenvalue weighted by Gasteiger charge is 2.34. The maximum atomic E-state index is 9.55. The number of carboxylic acid groups (broad SMARTS) is 2. The smallest absolute Gasteiger partial charge is 0.328 e. The summed E-state index contributed by atoms with van der Waals surface area (Å²) in [4.78, 5) is 28.9. The molecule has 0 amide bonds. The van der Waals surface area contributed by atoms with Crippen LogP contribution in [0.5, 0.6) is 0 Å². The van der Waals surface area contributed by atoms with Gasteiger partial charge in [-0.2, -0.15) is 11.3 Å². The first-order valence-corrected chi connectivity index (χ1v) is 10.5. The van der Waals surface area contributed by atoms with Gasteiger partial charge in [0.1, 0.15) is 0 Å². The van der Waals surface area contributed by atoms with E-state index in [2.05, 4.69) is 50.8 Å². The summed E-state index contributed by atoms with van der Waals surface area (Å²) in [5.74, 6) is -2.51. The van der Waals surface area contributed by atoms with Gasteiger partial charge >= 0.3 is 11.9 Å². The van der Waals surface area contributed by atoms with Crippen molar-refractivity contribution < 1.29 is 19.8 Å². The van der Waals surface area contributed by atoms with Crippen molar-refractivity contribution in [3.05, 3.63) is 47.3 Å². The Kier molecular flexibility index (Phi) is 7.00. The van der Waals surface area contributed by atoms with Gasteiger partial charge in [-0.25, -0.2) is 9.59 Å². The molecule has 4 rings (SSSR count). The molecule has 0 aromatic carbocycles. The summed E-state index contributed by atoms with van der Waals surface area (Å²) in [6.07, 6.45) is 7.17. The summed E-state index contributed by atoms with van der Waals surface area (Å²) in [7, 11) is 2.30. The molecule has 154 valence electrons. The van der Waals surface area contributed by atoms with Crippen molar-refractivity contribution in [1.82, 2.24) is 9.88 Å². The molecule has 2 bridgehead atoms. The predicted octanol–water partition coefficient (Wildman–Crippen LogP) is 3.19. The third-order valence-electron chi connectivity index (χ3n) is 5.45. The van der Waals surface area contributed by atoms with Crippen molar-refractivity contribution >= 4 is 29.0 Å². The van der Waals surface area contributed by atoms with E-state index in [1.807, 2.05) is 6.20 Å². The number of aliphatic carboxylic acids is 2. The molecule has 2 saturated heterocycles. The van der Waals surface area contributed by atoms with Crippen LogP contribution in [0.2, 0.25) is 0 Å². The van der Waals surface area contributed by atoms with Crippen LogP contribution in [0.1, 0.15) is 19.3 Å². The number of fused-ring (bicyclic) bond motifs is 2. The van der Waals surface area contributed by atoms with Gasteiger partial charge < -0.3 is 15.1 Å². The molecule has 2 N–H and O–H groups in total. The van der Waals surface area contributed by atoms with Gasteiger partial charge in [0.05, 0.1) is 17.6 Å².